The Hall–Kier alpha value is -2.43. The number of rotatable bonds is 8. The third-order valence-corrected chi connectivity index (χ3v) is 4.57. The minimum Gasteiger partial charge on any atom is -0.452 e. The van der Waals surface area contributed by atoms with Gasteiger partial charge in [0.1, 0.15) is 0 Å². The number of aromatic nitrogens is 1. The highest BCUT2D eigenvalue weighted by Gasteiger charge is 2.22. The second-order valence-corrected chi connectivity index (χ2v) is 6.17. The molecule has 0 unspecified atom stereocenters. The molecule has 0 radical (unpaired) electrons. The van der Waals surface area contributed by atoms with Crippen molar-refractivity contribution in [1.29, 1.82) is 0 Å². The van der Waals surface area contributed by atoms with Gasteiger partial charge in [0.25, 0.3) is 5.91 Å². The van der Waals surface area contributed by atoms with Gasteiger partial charge in [-0.3, -0.25) is 9.78 Å². The molecule has 0 atom stereocenters. The van der Waals surface area contributed by atoms with E-state index in [0.29, 0.717) is 25.1 Å². The number of carbonyl (C=O) groups is 2. The number of likely N-dealkylation sites (N-methyl/N-ethyl adjacent to an activating group) is 1. The Labute approximate surface area is 155 Å². The van der Waals surface area contributed by atoms with Gasteiger partial charge in [-0.05, 0) is 38.3 Å². The number of para-hydroxylation sites is 1. The fraction of sp³-hybridized carbons (Fsp3) is 0.476. The summed E-state index contributed by atoms with van der Waals surface area (Å²) in [7, 11) is 0. The van der Waals surface area contributed by atoms with Gasteiger partial charge in [-0.15, -0.1) is 0 Å². The summed E-state index contributed by atoms with van der Waals surface area (Å²) in [5.74, 6) is -0.619. The van der Waals surface area contributed by atoms with E-state index in [1.165, 1.54) is 0 Å². The zero-order chi connectivity index (χ0) is 19.1. The highest BCUT2D eigenvalue weighted by atomic mass is 16.5. The monoisotopic (exact) mass is 356 g/mol. The van der Waals surface area contributed by atoms with Crippen LogP contribution in [0.15, 0.2) is 24.3 Å². The molecule has 1 aromatic heterocycles. The van der Waals surface area contributed by atoms with E-state index in [-0.39, 0.29) is 12.5 Å². The van der Waals surface area contributed by atoms with Gasteiger partial charge in [-0.2, -0.15) is 0 Å². The first-order valence-electron chi connectivity index (χ1n) is 9.42. The van der Waals surface area contributed by atoms with Crippen LogP contribution in [0.2, 0.25) is 0 Å². The minimum atomic E-state index is -0.446. The van der Waals surface area contributed by atoms with E-state index in [1.54, 1.807) is 4.90 Å². The second-order valence-electron chi connectivity index (χ2n) is 6.17. The summed E-state index contributed by atoms with van der Waals surface area (Å²) in [5, 5.41) is 0.782. The third kappa shape index (κ3) is 4.21. The van der Waals surface area contributed by atoms with Gasteiger partial charge in [0.2, 0.25) is 0 Å². The number of aryl methyl sites for hydroxylation is 1. The number of hydrogen-bond acceptors (Lipinski definition) is 4. The molecule has 0 aliphatic heterocycles. The molecule has 0 saturated heterocycles. The number of ether oxygens (including phenoxy) is 1. The van der Waals surface area contributed by atoms with Crippen molar-refractivity contribution in [2.45, 2.75) is 47.0 Å². The van der Waals surface area contributed by atoms with Crippen LogP contribution in [-0.4, -0.2) is 41.5 Å². The number of benzene rings is 1. The third-order valence-electron chi connectivity index (χ3n) is 4.57. The van der Waals surface area contributed by atoms with Crippen LogP contribution in [0.1, 0.15) is 55.7 Å². The maximum absolute atomic E-state index is 12.9. The predicted molar refractivity (Wildman–Crippen MR) is 103 cm³/mol. The maximum Gasteiger partial charge on any atom is 0.339 e. The SMILES string of the molecule is CCCc1nc2ccccc2c(C(=O)OCC(=O)N(CC)CC)c1CC. The van der Waals surface area contributed by atoms with Crippen LogP contribution in [-0.2, 0) is 22.4 Å². The average molecular weight is 356 g/mol. The van der Waals surface area contributed by atoms with Crippen molar-refractivity contribution in [3.63, 3.8) is 0 Å². The van der Waals surface area contributed by atoms with Crippen molar-refractivity contribution in [2.24, 2.45) is 0 Å². The molecule has 0 saturated carbocycles. The summed E-state index contributed by atoms with van der Waals surface area (Å²) in [6, 6.07) is 7.60. The van der Waals surface area contributed by atoms with Crippen molar-refractivity contribution >= 4 is 22.8 Å². The van der Waals surface area contributed by atoms with Gasteiger partial charge in [0, 0.05) is 24.2 Å². The van der Waals surface area contributed by atoms with Crippen LogP contribution in [0.3, 0.4) is 0 Å². The second kappa shape index (κ2) is 9.32. The maximum atomic E-state index is 12.9. The number of esters is 1. The quantitative estimate of drug-likeness (QED) is 0.676. The number of carbonyl (C=O) groups excluding carboxylic acids is 2. The van der Waals surface area contributed by atoms with E-state index in [0.717, 1.165) is 35.0 Å². The topological polar surface area (TPSA) is 59.5 Å². The van der Waals surface area contributed by atoms with E-state index in [1.807, 2.05) is 45.0 Å². The summed E-state index contributed by atoms with van der Waals surface area (Å²) in [5.41, 5.74) is 3.20. The molecule has 0 N–H and O–H groups in total. The Bertz CT molecular complexity index is 782. The van der Waals surface area contributed by atoms with Crippen LogP contribution in [0.5, 0.6) is 0 Å². The summed E-state index contributed by atoms with van der Waals surface area (Å²) >= 11 is 0. The lowest BCUT2D eigenvalue weighted by Gasteiger charge is -2.19. The van der Waals surface area contributed by atoms with E-state index in [2.05, 4.69) is 6.92 Å². The lowest BCUT2D eigenvalue weighted by molar-refractivity contribution is -0.134. The number of hydrogen-bond donors (Lipinski definition) is 0. The lowest BCUT2D eigenvalue weighted by Crippen LogP contribution is -2.34. The smallest absolute Gasteiger partial charge is 0.339 e. The summed E-state index contributed by atoms with van der Waals surface area (Å²) in [6.07, 6.45) is 2.46. The van der Waals surface area contributed by atoms with Crippen LogP contribution in [0, 0.1) is 0 Å². The van der Waals surface area contributed by atoms with E-state index >= 15 is 0 Å². The van der Waals surface area contributed by atoms with Gasteiger partial charge in [0.15, 0.2) is 6.61 Å². The Morgan fingerprint density at radius 1 is 1.08 bits per heavy atom. The van der Waals surface area contributed by atoms with Gasteiger partial charge in [0.05, 0.1) is 11.1 Å². The molecule has 2 aromatic rings. The Morgan fingerprint density at radius 2 is 1.77 bits per heavy atom. The molecule has 140 valence electrons. The Balaban J connectivity index is 2.40. The summed E-state index contributed by atoms with van der Waals surface area (Å²) in [4.78, 5) is 31.4. The van der Waals surface area contributed by atoms with Crippen molar-refractivity contribution in [1.82, 2.24) is 9.88 Å². The predicted octanol–water partition coefficient (Wildman–Crippen LogP) is 3.77. The molecule has 0 aliphatic rings. The van der Waals surface area contributed by atoms with Crippen LogP contribution >= 0.6 is 0 Å². The number of pyridine rings is 1. The van der Waals surface area contributed by atoms with Crippen LogP contribution in [0.4, 0.5) is 0 Å². The standard InChI is InChI=1S/C21H28N2O3/c1-5-11-17-15(6-2)20(16-12-9-10-13-18(16)22-17)21(25)26-14-19(24)23(7-3)8-4/h9-10,12-13H,5-8,11,14H2,1-4H3. The molecule has 1 aromatic carbocycles. The average Bonchev–Trinajstić information content (AvgIpc) is 2.66. The van der Waals surface area contributed by atoms with Gasteiger partial charge < -0.3 is 9.64 Å². The molecule has 2 rings (SSSR count). The van der Waals surface area contributed by atoms with Crippen molar-refractivity contribution < 1.29 is 14.3 Å². The molecular formula is C21H28N2O3. The van der Waals surface area contributed by atoms with Crippen molar-refractivity contribution in [3.05, 3.63) is 41.1 Å². The normalized spacial score (nSPS) is 10.8. The molecule has 1 heterocycles. The summed E-state index contributed by atoms with van der Waals surface area (Å²) < 4.78 is 5.40. The number of fused-ring (bicyclic) bond motifs is 1. The largest absolute Gasteiger partial charge is 0.452 e. The minimum absolute atomic E-state index is 0.173. The Morgan fingerprint density at radius 3 is 2.38 bits per heavy atom. The van der Waals surface area contributed by atoms with Gasteiger partial charge in [-0.25, -0.2) is 4.79 Å². The molecule has 0 spiro atoms. The molecule has 0 aliphatic carbocycles. The zero-order valence-electron chi connectivity index (χ0n) is 16.2. The van der Waals surface area contributed by atoms with Crippen molar-refractivity contribution in [2.75, 3.05) is 19.7 Å². The number of amides is 1. The fourth-order valence-electron chi connectivity index (χ4n) is 3.23. The molecular weight excluding hydrogens is 328 g/mol. The lowest BCUT2D eigenvalue weighted by atomic mass is 9.96. The molecule has 0 bridgehead atoms. The number of nitrogens with zero attached hydrogens (tertiary/aromatic N) is 2. The van der Waals surface area contributed by atoms with E-state index in [4.69, 9.17) is 9.72 Å². The zero-order valence-corrected chi connectivity index (χ0v) is 16.2. The molecule has 26 heavy (non-hydrogen) atoms. The molecule has 5 heteroatoms. The molecule has 5 nitrogen and oxygen atoms in total. The highest BCUT2D eigenvalue weighted by Crippen LogP contribution is 2.26. The molecule has 0 fully saturated rings. The van der Waals surface area contributed by atoms with E-state index < -0.39 is 5.97 Å². The van der Waals surface area contributed by atoms with E-state index in [9.17, 15) is 9.59 Å². The van der Waals surface area contributed by atoms with Gasteiger partial charge in [-0.1, -0.05) is 38.5 Å². The van der Waals surface area contributed by atoms with Gasteiger partial charge >= 0.3 is 5.97 Å². The van der Waals surface area contributed by atoms with Crippen LogP contribution < -0.4 is 0 Å². The summed E-state index contributed by atoms with van der Waals surface area (Å²) in [6.45, 7) is 8.90. The first-order chi connectivity index (χ1) is 12.6. The first kappa shape index (κ1) is 19.9. The first-order valence-corrected chi connectivity index (χ1v) is 9.42. The van der Waals surface area contributed by atoms with Crippen LogP contribution in [0.25, 0.3) is 10.9 Å². The Kier molecular flexibility index (Phi) is 7.13. The molecule has 1 amide bonds. The fourth-order valence-corrected chi connectivity index (χ4v) is 3.23. The van der Waals surface area contributed by atoms with Crippen molar-refractivity contribution in [3.8, 4) is 0 Å². The highest BCUT2D eigenvalue weighted by molar-refractivity contribution is 6.05.